The minimum absolute atomic E-state index is 0.0792. The Morgan fingerprint density at radius 2 is 1.89 bits per heavy atom. The first-order valence-electron chi connectivity index (χ1n) is 12.4. The Morgan fingerprint density at radius 3 is 2.68 bits per heavy atom. The van der Waals surface area contributed by atoms with E-state index in [1.165, 1.54) is 24.4 Å². The first-order chi connectivity index (χ1) is 18.2. The van der Waals surface area contributed by atoms with Crippen LogP contribution in [-0.2, 0) is 10.0 Å². The lowest BCUT2D eigenvalue weighted by atomic mass is 9.85. The van der Waals surface area contributed by atoms with E-state index in [-0.39, 0.29) is 23.8 Å². The second-order valence-corrected chi connectivity index (χ2v) is 11.1. The normalized spacial score (nSPS) is 18.5. The van der Waals surface area contributed by atoms with E-state index in [0.717, 1.165) is 48.9 Å². The highest BCUT2D eigenvalue weighted by atomic mass is 32.2. The number of fused-ring (bicyclic) bond motifs is 1. The Labute approximate surface area is 220 Å². The third-order valence-corrected chi connectivity index (χ3v) is 8.25. The number of pyridine rings is 1. The molecule has 1 saturated carbocycles. The first-order valence-corrected chi connectivity index (χ1v) is 13.9. The fourth-order valence-corrected chi connectivity index (χ4v) is 5.93. The van der Waals surface area contributed by atoms with Crippen LogP contribution in [0.1, 0.15) is 49.8 Å². The predicted octanol–water partition coefficient (Wildman–Crippen LogP) is 4.99. The SMILES string of the molecule is C[C@H](c1ccccc1C#C[C@H]1CCCC[C@H]1N)n1ncc2cc(S(=O)(=O)Nc3cccc(F)n3)c(F)cc21. The molecule has 0 bridgehead atoms. The van der Waals surface area contributed by atoms with Gasteiger partial charge >= 0.3 is 0 Å². The summed E-state index contributed by atoms with van der Waals surface area (Å²) in [5, 5.41) is 4.87. The number of nitrogens with zero attached hydrogens (tertiary/aromatic N) is 3. The van der Waals surface area contributed by atoms with Crippen molar-refractivity contribution in [1.29, 1.82) is 0 Å². The van der Waals surface area contributed by atoms with Gasteiger partial charge in [0.05, 0.1) is 17.8 Å². The molecule has 1 fully saturated rings. The van der Waals surface area contributed by atoms with Gasteiger partial charge in [-0.2, -0.15) is 9.49 Å². The van der Waals surface area contributed by atoms with Crippen molar-refractivity contribution in [2.24, 2.45) is 11.7 Å². The predicted molar refractivity (Wildman–Crippen MR) is 142 cm³/mol. The summed E-state index contributed by atoms with van der Waals surface area (Å²) in [7, 11) is -4.36. The van der Waals surface area contributed by atoms with Crippen molar-refractivity contribution >= 4 is 26.7 Å². The van der Waals surface area contributed by atoms with Gasteiger partial charge in [-0.1, -0.05) is 48.9 Å². The maximum atomic E-state index is 15.2. The molecule has 3 atom stereocenters. The van der Waals surface area contributed by atoms with Crippen molar-refractivity contribution in [3.63, 3.8) is 0 Å². The van der Waals surface area contributed by atoms with Crippen LogP contribution in [0, 0.1) is 29.5 Å². The van der Waals surface area contributed by atoms with E-state index in [1.54, 1.807) is 4.68 Å². The number of aromatic nitrogens is 3. The molecule has 7 nitrogen and oxygen atoms in total. The summed E-state index contributed by atoms with van der Waals surface area (Å²) >= 11 is 0. The minimum atomic E-state index is -4.36. The minimum Gasteiger partial charge on any atom is -0.327 e. The van der Waals surface area contributed by atoms with Crippen LogP contribution in [0.25, 0.3) is 10.9 Å². The molecule has 2 aromatic heterocycles. The molecule has 38 heavy (non-hydrogen) atoms. The number of hydrogen-bond donors (Lipinski definition) is 2. The van der Waals surface area contributed by atoms with E-state index in [4.69, 9.17) is 5.73 Å². The summed E-state index contributed by atoms with van der Waals surface area (Å²) in [5.41, 5.74) is 8.44. The molecular formula is C28H27F2N5O2S. The monoisotopic (exact) mass is 535 g/mol. The van der Waals surface area contributed by atoms with Crippen molar-refractivity contribution in [2.45, 2.75) is 49.6 Å². The van der Waals surface area contributed by atoms with Crippen LogP contribution in [0.5, 0.6) is 0 Å². The Morgan fingerprint density at radius 1 is 1.11 bits per heavy atom. The summed E-state index contributed by atoms with van der Waals surface area (Å²) in [6, 6.07) is 13.5. The number of halogens is 2. The van der Waals surface area contributed by atoms with Gasteiger partial charge in [-0.3, -0.25) is 9.40 Å². The van der Waals surface area contributed by atoms with Crippen molar-refractivity contribution < 1.29 is 17.2 Å². The molecule has 0 unspecified atom stereocenters. The molecule has 0 amide bonds. The molecular weight excluding hydrogens is 508 g/mol. The maximum absolute atomic E-state index is 15.2. The van der Waals surface area contributed by atoms with Crippen LogP contribution < -0.4 is 10.5 Å². The fraction of sp³-hybridized carbons (Fsp3) is 0.286. The van der Waals surface area contributed by atoms with E-state index < -0.39 is 26.7 Å². The Balaban J connectivity index is 1.47. The zero-order valence-electron chi connectivity index (χ0n) is 20.7. The molecule has 0 saturated heterocycles. The molecule has 1 aliphatic carbocycles. The summed E-state index contributed by atoms with van der Waals surface area (Å²) in [5.74, 6) is 4.75. The van der Waals surface area contributed by atoms with Gasteiger partial charge < -0.3 is 5.73 Å². The van der Waals surface area contributed by atoms with Gasteiger partial charge in [0.15, 0.2) is 0 Å². The Bertz CT molecular complexity index is 1660. The zero-order chi connectivity index (χ0) is 26.9. The number of anilines is 1. The van der Waals surface area contributed by atoms with Crippen LogP contribution in [0.3, 0.4) is 0 Å². The van der Waals surface area contributed by atoms with Crippen LogP contribution in [0.2, 0.25) is 0 Å². The van der Waals surface area contributed by atoms with Crippen LogP contribution in [0.4, 0.5) is 14.6 Å². The highest BCUT2D eigenvalue weighted by molar-refractivity contribution is 7.92. The Kier molecular flexibility index (Phi) is 7.15. The maximum Gasteiger partial charge on any atom is 0.265 e. The van der Waals surface area contributed by atoms with E-state index >= 15 is 4.39 Å². The van der Waals surface area contributed by atoms with Gasteiger partial charge in [-0.05, 0) is 49.6 Å². The highest BCUT2D eigenvalue weighted by Crippen LogP contribution is 2.29. The van der Waals surface area contributed by atoms with E-state index in [1.807, 2.05) is 31.2 Å². The van der Waals surface area contributed by atoms with Gasteiger partial charge in [0.2, 0.25) is 5.95 Å². The number of rotatable bonds is 5. The van der Waals surface area contributed by atoms with Gasteiger partial charge in [-0.15, -0.1) is 0 Å². The van der Waals surface area contributed by atoms with Gasteiger partial charge in [-0.25, -0.2) is 17.8 Å². The topological polar surface area (TPSA) is 103 Å². The third-order valence-electron chi connectivity index (χ3n) is 6.88. The lowest BCUT2D eigenvalue weighted by Gasteiger charge is -2.24. The zero-order valence-corrected chi connectivity index (χ0v) is 21.6. The summed E-state index contributed by atoms with van der Waals surface area (Å²) in [6.45, 7) is 1.93. The number of nitrogens with one attached hydrogen (secondary N) is 1. The summed E-state index contributed by atoms with van der Waals surface area (Å²) in [4.78, 5) is 2.90. The number of benzene rings is 2. The highest BCUT2D eigenvalue weighted by Gasteiger charge is 2.24. The smallest absolute Gasteiger partial charge is 0.265 e. The number of sulfonamides is 1. The molecule has 5 rings (SSSR count). The fourth-order valence-electron chi connectivity index (χ4n) is 4.84. The molecule has 2 heterocycles. The largest absolute Gasteiger partial charge is 0.327 e. The lowest BCUT2D eigenvalue weighted by molar-refractivity contribution is 0.372. The van der Waals surface area contributed by atoms with Crippen molar-refractivity contribution in [1.82, 2.24) is 14.8 Å². The molecule has 0 spiro atoms. The molecule has 4 aromatic rings. The molecule has 1 aliphatic rings. The van der Waals surface area contributed by atoms with E-state index in [0.29, 0.717) is 10.9 Å². The molecule has 0 aliphatic heterocycles. The van der Waals surface area contributed by atoms with E-state index in [2.05, 4.69) is 26.6 Å². The quantitative estimate of drug-likeness (QED) is 0.277. The molecule has 10 heteroatoms. The van der Waals surface area contributed by atoms with Crippen molar-refractivity contribution in [3.8, 4) is 11.8 Å². The Hall–Kier alpha value is -3.81. The van der Waals surface area contributed by atoms with Gasteiger partial charge in [0.1, 0.15) is 16.5 Å². The van der Waals surface area contributed by atoms with Crippen molar-refractivity contribution in [2.75, 3.05) is 4.72 Å². The van der Waals surface area contributed by atoms with E-state index in [9.17, 15) is 12.8 Å². The van der Waals surface area contributed by atoms with Crippen LogP contribution in [0.15, 0.2) is 65.7 Å². The van der Waals surface area contributed by atoms with Crippen LogP contribution in [-0.4, -0.2) is 29.2 Å². The van der Waals surface area contributed by atoms with Crippen LogP contribution >= 0.6 is 0 Å². The standard InChI is InChI=1S/C28H27F2N5O2S/c1-18(22-9-4-2-7-19(22)13-14-20-8-3-5-10-24(20)31)35-25-16-23(29)26(15-21(25)17-32-35)38(36,37)34-28-12-6-11-27(30)33-28/h2,4,6-7,9,11-12,15-18,20,24H,3,5,8,10,31H2,1H3,(H,33,34)/t18-,20-,24-/m1/s1. The van der Waals surface area contributed by atoms with Gasteiger partial charge in [0.25, 0.3) is 10.0 Å². The summed E-state index contributed by atoms with van der Waals surface area (Å²) < 4.78 is 58.0. The molecule has 196 valence electrons. The third kappa shape index (κ3) is 5.26. The second kappa shape index (κ2) is 10.5. The molecule has 3 N–H and O–H groups in total. The number of hydrogen-bond acceptors (Lipinski definition) is 5. The average molecular weight is 536 g/mol. The molecule has 0 radical (unpaired) electrons. The lowest BCUT2D eigenvalue weighted by Crippen LogP contribution is -2.32. The second-order valence-electron chi connectivity index (χ2n) is 9.47. The summed E-state index contributed by atoms with van der Waals surface area (Å²) in [6.07, 6.45) is 5.72. The van der Waals surface area contributed by atoms with Gasteiger partial charge in [0, 0.05) is 29.0 Å². The number of nitrogens with two attached hydrogens (primary N) is 1. The first kappa shape index (κ1) is 25.8. The average Bonchev–Trinajstić information content (AvgIpc) is 3.30. The van der Waals surface area contributed by atoms with Crippen molar-refractivity contribution in [3.05, 3.63) is 83.7 Å². The molecule has 2 aromatic carbocycles.